The van der Waals surface area contributed by atoms with E-state index in [-0.39, 0.29) is 12.2 Å². The number of thiophene rings is 1. The number of hydrogen-bond donors (Lipinski definition) is 0. The van der Waals surface area contributed by atoms with Crippen molar-refractivity contribution in [3.05, 3.63) is 113 Å². The van der Waals surface area contributed by atoms with Crippen molar-refractivity contribution in [1.82, 2.24) is 4.57 Å². The lowest BCUT2D eigenvalue weighted by molar-refractivity contribution is -0.138. The second-order valence-corrected chi connectivity index (χ2v) is 9.71. The van der Waals surface area contributed by atoms with Crippen molar-refractivity contribution < 1.29 is 14.3 Å². The number of fused-ring (bicyclic) bond motifs is 1. The molecule has 1 atom stereocenters. The van der Waals surface area contributed by atoms with Gasteiger partial charge < -0.3 is 9.47 Å². The summed E-state index contributed by atoms with van der Waals surface area (Å²) in [5.41, 5.74) is 2.19. The number of carbonyl (C=O) groups is 1. The molecule has 2 aromatic heterocycles. The first-order valence-electron chi connectivity index (χ1n) is 11.1. The van der Waals surface area contributed by atoms with Crippen LogP contribution in [-0.2, 0) is 9.53 Å². The molecule has 0 saturated heterocycles. The first-order chi connectivity index (χ1) is 17.1. The van der Waals surface area contributed by atoms with E-state index in [1.54, 1.807) is 29.9 Å². The maximum absolute atomic E-state index is 13.7. The van der Waals surface area contributed by atoms with Crippen molar-refractivity contribution in [3.63, 3.8) is 0 Å². The first-order valence-corrected chi connectivity index (χ1v) is 12.8. The Balaban J connectivity index is 1.83. The summed E-state index contributed by atoms with van der Waals surface area (Å²) in [6.45, 7) is 1.97. The van der Waals surface area contributed by atoms with Gasteiger partial charge in [-0.1, -0.05) is 59.9 Å². The lowest BCUT2D eigenvalue weighted by Crippen LogP contribution is -2.39. The van der Waals surface area contributed by atoms with Crippen LogP contribution in [-0.4, -0.2) is 24.3 Å². The molecule has 0 N–H and O–H groups in total. The molecule has 1 aliphatic heterocycles. The summed E-state index contributed by atoms with van der Waals surface area (Å²) in [4.78, 5) is 33.4. The third kappa shape index (κ3) is 4.38. The van der Waals surface area contributed by atoms with Crippen LogP contribution in [0.3, 0.4) is 0 Å². The Morgan fingerprint density at radius 1 is 1.09 bits per heavy atom. The Morgan fingerprint density at radius 3 is 2.51 bits per heavy atom. The van der Waals surface area contributed by atoms with Crippen LogP contribution in [0.25, 0.3) is 11.8 Å². The highest BCUT2D eigenvalue weighted by molar-refractivity contribution is 7.11. The lowest BCUT2D eigenvalue weighted by atomic mass is 9.93. The number of hydrogen-bond acceptors (Lipinski definition) is 7. The summed E-state index contributed by atoms with van der Waals surface area (Å²) in [7, 11) is 1.60. The Bertz CT molecular complexity index is 1560. The van der Waals surface area contributed by atoms with Gasteiger partial charge in [-0.2, -0.15) is 0 Å². The van der Waals surface area contributed by atoms with Crippen molar-refractivity contribution >= 4 is 40.4 Å². The SMILES string of the molecule is CCOC(=O)C1=C(c2ccccc2)N=c2sc(=Cc3cccs3)c(=O)n2[C@H]1c1ccc(OC)cc1. The standard InChI is InChI=1S/C27H22N2O4S2/c1-3-33-26(31)22-23(17-8-5-4-6-9-17)28-27-29(24(22)18-11-13-19(32-2)14-12-18)25(30)21(35-27)16-20-10-7-15-34-20/h4-16,24H,3H2,1-2H3/t24-/m0/s1. The topological polar surface area (TPSA) is 69.9 Å². The van der Waals surface area contributed by atoms with Gasteiger partial charge in [-0.05, 0) is 42.1 Å². The van der Waals surface area contributed by atoms with Crippen LogP contribution in [0, 0.1) is 0 Å². The highest BCUT2D eigenvalue weighted by atomic mass is 32.1. The predicted molar refractivity (Wildman–Crippen MR) is 138 cm³/mol. The lowest BCUT2D eigenvalue weighted by Gasteiger charge is -2.26. The molecule has 0 aliphatic carbocycles. The zero-order valence-corrected chi connectivity index (χ0v) is 20.8. The Kier molecular flexibility index (Phi) is 6.48. The van der Waals surface area contributed by atoms with Crippen molar-refractivity contribution in [3.8, 4) is 5.75 Å². The number of ether oxygens (including phenoxy) is 2. The molecule has 0 spiro atoms. The molecule has 4 aromatic rings. The molecule has 1 aliphatic rings. The smallest absolute Gasteiger partial charge is 0.338 e. The maximum Gasteiger partial charge on any atom is 0.338 e. The molecule has 0 amide bonds. The number of benzene rings is 2. The number of carbonyl (C=O) groups excluding carboxylic acids is 1. The number of methoxy groups -OCH3 is 1. The van der Waals surface area contributed by atoms with Crippen LogP contribution in [0.5, 0.6) is 5.75 Å². The number of rotatable bonds is 6. The highest BCUT2D eigenvalue weighted by Gasteiger charge is 2.35. The van der Waals surface area contributed by atoms with E-state index in [1.807, 2.05) is 78.2 Å². The third-order valence-corrected chi connectivity index (χ3v) is 7.42. The summed E-state index contributed by atoms with van der Waals surface area (Å²) in [5, 5.41) is 1.97. The van der Waals surface area contributed by atoms with E-state index >= 15 is 0 Å². The Labute approximate surface area is 209 Å². The van der Waals surface area contributed by atoms with E-state index in [0.29, 0.717) is 26.4 Å². The molecular weight excluding hydrogens is 480 g/mol. The van der Waals surface area contributed by atoms with Gasteiger partial charge in [0, 0.05) is 10.4 Å². The van der Waals surface area contributed by atoms with Gasteiger partial charge in [0.25, 0.3) is 5.56 Å². The van der Waals surface area contributed by atoms with Gasteiger partial charge in [-0.15, -0.1) is 11.3 Å². The zero-order chi connectivity index (χ0) is 24.4. The van der Waals surface area contributed by atoms with Crippen LogP contribution < -0.4 is 19.6 Å². The fourth-order valence-electron chi connectivity index (χ4n) is 4.04. The summed E-state index contributed by atoms with van der Waals surface area (Å²) >= 11 is 2.87. The number of thiazole rings is 1. The highest BCUT2D eigenvalue weighted by Crippen LogP contribution is 2.35. The van der Waals surface area contributed by atoms with Gasteiger partial charge >= 0.3 is 5.97 Å². The van der Waals surface area contributed by atoms with Crippen molar-refractivity contribution in [2.75, 3.05) is 13.7 Å². The molecule has 0 radical (unpaired) electrons. The van der Waals surface area contributed by atoms with Crippen LogP contribution in [0.4, 0.5) is 0 Å². The van der Waals surface area contributed by atoms with E-state index in [2.05, 4.69) is 0 Å². The van der Waals surface area contributed by atoms with Gasteiger partial charge in [0.1, 0.15) is 5.75 Å². The quantitative estimate of drug-likeness (QED) is 0.374. The molecule has 8 heteroatoms. The second-order valence-electron chi connectivity index (χ2n) is 7.72. The minimum atomic E-state index is -0.697. The molecule has 35 heavy (non-hydrogen) atoms. The number of aromatic nitrogens is 1. The molecule has 0 saturated carbocycles. The van der Waals surface area contributed by atoms with Gasteiger partial charge in [0.05, 0.1) is 35.6 Å². The van der Waals surface area contributed by atoms with Gasteiger partial charge in [-0.3, -0.25) is 9.36 Å². The molecule has 2 aromatic carbocycles. The van der Waals surface area contributed by atoms with Crippen molar-refractivity contribution in [2.24, 2.45) is 4.99 Å². The average Bonchev–Trinajstić information content (AvgIpc) is 3.51. The fourth-order valence-corrected chi connectivity index (χ4v) is 5.77. The third-order valence-electron chi connectivity index (χ3n) is 5.62. The molecule has 0 unspecified atom stereocenters. The predicted octanol–water partition coefficient (Wildman–Crippen LogP) is 4.01. The molecular formula is C27H22N2O4S2. The largest absolute Gasteiger partial charge is 0.497 e. The monoisotopic (exact) mass is 502 g/mol. The van der Waals surface area contributed by atoms with Gasteiger partial charge in [0.15, 0.2) is 4.80 Å². The number of nitrogens with zero attached hydrogens (tertiary/aromatic N) is 2. The Hall–Kier alpha value is -3.75. The summed E-state index contributed by atoms with van der Waals surface area (Å²) < 4.78 is 13.0. The van der Waals surface area contributed by atoms with E-state index < -0.39 is 12.0 Å². The fraction of sp³-hybridized carbons (Fsp3) is 0.148. The van der Waals surface area contributed by atoms with E-state index in [1.165, 1.54) is 11.3 Å². The minimum Gasteiger partial charge on any atom is -0.497 e. The summed E-state index contributed by atoms with van der Waals surface area (Å²) in [6.07, 6.45) is 1.87. The molecule has 5 rings (SSSR count). The first kappa shape index (κ1) is 23.0. The van der Waals surface area contributed by atoms with Crippen molar-refractivity contribution in [1.29, 1.82) is 0 Å². The molecule has 0 bridgehead atoms. The van der Waals surface area contributed by atoms with Crippen LogP contribution in [0.1, 0.15) is 29.0 Å². The van der Waals surface area contributed by atoms with Crippen LogP contribution >= 0.6 is 22.7 Å². The van der Waals surface area contributed by atoms with Crippen LogP contribution in [0.15, 0.2) is 87.5 Å². The average molecular weight is 503 g/mol. The number of esters is 1. The second kappa shape index (κ2) is 9.85. The van der Waals surface area contributed by atoms with Crippen LogP contribution in [0.2, 0.25) is 0 Å². The molecule has 176 valence electrons. The zero-order valence-electron chi connectivity index (χ0n) is 19.1. The Morgan fingerprint density at radius 2 is 1.86 bits per heavy atom. The maximum atomic E-state index is 13.7. The minimum absolute atomic E-state index is 0.197. The van der Waals surface area contributed by atoms with E-state index in [0.717, 1.165) is 16.0 Å². The molecule has 0 fully saturated rings. The molecule has 6 nitrogen and oxygen atoms in total. The van der Waals surface area contributed by atoms with Gasteiger partial charge in [0.2, 0.25) is 0 Å². The van der Waals surface area contributed by atoms with E-state index in [9.17, 15) is 9.59 Å². The van der Waals surface area contributed by atoms with E-state index in [4.69, 9.17) is 14.5 Å². The normalized spacial score (nSPS) is 15.5. The van der Waals surface area contributed by atoms with Crippen molar-refractivity contribution in [2.45, 2.75) is 13.0 Å². The summed E-state index contributed by atoms with van der Waals surface area (Å²) in [5.74, 6) is 0.187. The molecule has 3 heterocycles. The van der Waals surface area contributed by atoms with Gasteiger partial charge in [-0.25, -0.2) is 9.79 Å². The summed E-state index contributed by atoms with van der Waals surface area (Å²) in [6, 6.07) is 20.1.